The van der Waals surface area contributed by atoms with Gasteiger partial charge in [0.2, 0.25) is 5.91 Å². The normalized spacial score (nSPS) is 9.86. The number of carbonyl (C=O) groups excluding carboxylic acids is 1. The highest BCUT2D eigenvalue weighted by Crippen LogP contribution is 2.01. The van der Waals surface area contributed by atoms with Gasteiger partial charge in [0.1, 0.15) is 0 Å². The van der Waals surface area contributed by atoms with Gasteiger partial charge in [-0.05, 0) is 18.4 Å². The second-order valence-electron chi connectivity index (χ2n) is 3.00. The molecule has 14 heavy (non-hydrogen) atoms. The van der Waals surface area contributed by atoms with E-state index in [2.05, 4.69) is 4.98 Å². The van der Waals surface area contributed by atoms with E-state index in [4.69, 9.17) is 0 Å². The molecule has 0 N–H and O–H groups in total. The lowest BCUT2D eigenvalue weighted by atomic mass is 10.3. The number of aromatic nitrogens is 1. The lowest BCUT2D eigenvalue weighted by Crippen LogP contribution is -2.28. The number of nitrogens with zero attached hydrogens (tertiary/aromatic N) is 2. The zero-order chi connectivity index (χ0) is 10.4. The van der Waals surface area contributed by atoms with E-state index in [0.29, 0.717) is 12.3 Å². The summed E-state index contributed by atoms with van der Waals surface area (Å²) in [7, 11) is 1.80. The summed E-state index contributed by atoms with van der Waals surface area (Å²) >= 11 is 1.54. The number of thioether (sulfide) groups is 1. The zero-order valence-electron chi connectivity index (χ0n) is 8.43. The molecule has 0 saturated carbocycles. The first kappa shape index (κ1) is 11.0. The van der Waals surface area contributed by atoms with Gasteiger partial charge in [-0.1, -0.05) is 6.07 Å². The Kier molecular flexibility index (Phi) is 4.46. The van der Waals surface area contributed by atoms with Crippen LogP contribution in [0.2, 0.25) is 0 Å². The van der Waals surface area contributed by atoms with Crippen molar-refractivity contribution in [1.29, 1.82) is 0 Å². The smallest absolute Gasteiger partial charge is 0.232 e. The molecule has 0 radical (unpaired) electrons. The molecule has 0 atom stereocenters. The molecule has 0 saturated heterocycles. The van der Waals surface area contributed by atoms with Crippen LogP contribution in [0, 0.1) is 0 Å². The summed E-state index contributed by atoms with van der Waals surface area (Å²) in [5.41, 5.74) is 0.921. The molecule has 1 heterocycles. The first-order chi connectivity index (χ1) is 6.74. The van der Waals surface area contributed by atoms with E-state index in [1.54, 1.807) is 18.1 Å². The highest BCUT2D eigenvalue weighted by atomic mass is 32.2. The fourth-order valence-electron chi connectivity index (χ4n) is 1.06. The molecule has 0 aliphatic rings. The molecule has 0 bridgehead atoms. The lowest BCUT2D eigenvalue weighted by molar-refractivity contribution is -0.127. The van der Waals surface area contributed by atoms with Gasteiger partial charge in [0, 0.05) is 13.2 Å². The van der Waals surface area contributed by atoms with Crippen molar-refractivity contribution in [3.8, 4) is 0 Å². The second kappa shape index (κ2) is 5.65. The van der Waals surface area contributed by atoms with Crippen molar-refractivity contribution in [2.75, 3.05) is 19.1 Å². The first-order valence-electron chi connectivity index (χ1n) is 4.37. The Labute approximate surface area is 88.5 Å². The molecule has 1 aromatic heterocycles. The first-order valence-corrected chi connectivity index (χ1v) is 5.76. The third-order valence-corrected chi connectivity index (χ3v) is 2.35. The van der Waals surface area contributed by atoms with Gasteiger partial charge in [-0.25, -0.2) is 0 Å². The number of pyridine rings is 1. The van der Waals surface area contributed by atoms with Gasteiger partial charge >= 0.3 is 0 Å². The van der Waals surface area contributed by atoms with Gasteiger partial charge in [0.15, 0.2) is 0 Å². The van der Waals surface area contributed by atoms with E-state index in [1.165, 1.54) is 11.8 Å². The predicted octanol–water partition coefficient (Wildman–Crippen LogP) is 1.40. The third kappa shape index (κ3) is 3.38. The van der Waals surface area contributed by atoms with Crippen LogP contribution in [0.15, 0.2) is 24.4 Å². The summed E-state index contributed by atoms with van der Waals surface area (Å²) in [6.07, 6.45) is 3.66. The average Bonchev–Trinajstić information content (AvgIpc) is 2.19. The summed E-state index contributed by atoms with van der Waals surface area (Å²) in [4.78, 5) is 17.3. The van der Waals surface area contributed by atoms with Crippen LogP contribution in [0.4, 0.5) is 0 Å². The van der Waals surface area contributed by atoms with Crippen LogP contribution in [0.5, 0.6) is 0 Å². The summed E-state index contributed by atoms with van der Waals surface area (Å²) in [5, 5.41) is 0. The van der Waals surface area contributed by atoms with Crippen molar-refractivity contribution in [1.82, 2.24) is 9.88 Å². The minimum atomic E-state index is 0.142. The minimum absolute atomic E-state index is 0.142. The molecule has 1 aromatic rings. The Hall–Kier alpha value is -1.03. The van der Waals surface area contributed by atoms with Crippen LogP contribution >= 0.6 is 11.8 Å². The van der Waals surface area contributed by atoms with E-state index in [0.717, 1.165) is 5.69 Å². The molecule has 0 spiro atoms. The molecular formula is C10H14N2OS. The van der Waals surface area contributed by atoms with Crippen molar-refractivity contribution in [2.24, 2.45) is 0 Å². The van der Waals surface area contributed by atoms with Gasteiger partial charge in [-0.15, -0.1) is 0 Å². The Balaban J connectivity index is 2.49. The Morgan fingerprint density at radius 3 is 2.93 bits per heavy atom. The highest BCUT2D eigenvalue weighted by molar-refractivity contribution is 7.99. The number of hydrogen-bond donors (Lipinski definition) is 0. The molecule has 4 heteroatoms. The van der Waals surface area contributed by atoms with Crippen molar-refractivity contribution < 1.29 is 4.79 Å². The highest BCUT2D eigenvalue weighted by Gasteiger charge is 2.07. The van der Waals surface area contributed by atoms with E-state index < -0.39 is 0 Å². The van der Waals surface area contributed by atoms with E-state index >= 15 is 0 Å². The molecule has 0 aliphatic carbocycles. The fourth-order valence-corrected chi connectivity index (χ4v) is 1.52. The van der Waals surface area contributed by atoms with Crippen molar-refractivity contribution >= 4 is 17.7 Å². The topological polar surface area (TPSA) is 33.2 Å². The SMILES string of the molecule is CSCC(=O)N(C)Cc1ccccn1. The largest absolute Gasteiger partial charge is 0.339 e. The molecule has 0 aliphatic heterocycles. The summed E-state index contributed by atoms with van der Waals surface area (Å²) < 4.78 is 0. The fraction of sp³-hybridized carbons (Fsp3) is 0.400. The van der Waals surface area contributed by atoms with Crippen LogP contribution in [0.25, 0.3) is 0 Å². The van der Waals surface area contributed by atoms with Crippen molar-refractivity contribution in [3.05, 3.63) is 30.1 Å². The van der Waals surface area contributed by atoms with Crippen molar-refractivity contribution in [2.45, 2.75) is 6.54 Å². The second-order valence-corrected chi connectivity index (χ2v) is 3.87. The molecule has 1 amide bonds. The van der Waals surface area contributed by atoms with Crippen molar-refractivity contribution in [3.63, 3.8) is 0 Å². The molecule has 1 rings (SSSR count). The molecular weight excluding hydrogens is 196 g/mol. The number of rotatable bonds is 4. The maximum Gasteiger partial charge on any atom is 0.232 e. The predicted molar refractivity (Wildman–Crippen MR) is 59.1 cm³/mol. The lowest BCUT2D eigenvalue weighted by Gasteiger charge is -2.15. The van der Waals surface area contributed by atoms with Gasteiger partial charge in [0.05, 0.1) is 18.0 Å². The Morgan fingerprint density at radius 1 is 1.57 bits per heavy atom. The van der Waals surface area contributed by atoms with Crippen LogP contribution in [0.1, 0.15) is 5.69 Å². The minimum Gasteiger partial charge on any atom is -0.339 e. The maximum atomic E-state index is 11.4. The van der Waals surface area contributed by atoms with E-state index in [1.807, 2.05) is 24.5 Å². The van der Waals surface area contributed by atoms with Crippen LogP contribution < -0.4 is 0 Å². The number of carbonyl (C=O) groups is 1. The van der Waals surface area contributed by atoms with Gasteiger partial charge in [0.25, 0.3) is 0 Å². The van der Waals surface area contributed by atoms with E-state index in [9.17, 15) is 4.79 Å². The van der Waals surface area contributed by atoms with Gasteiger partial charge in [-0.3, -0.25) is 9.78 Å². The third-order valence-electron chi connectivity index (χ3n) is 1.82. The monoisotopic (exact) mass is 210 g/mol. The van der Waals surface area contributed by atoms with E-state index in [-0.39, 0.29) is 5.91 Å². The molecule has 76 valence electrons. The van der Waals surface area contributed by atoms with Crippen LogP contribution in [-0.4, -0.2) is 34.8 Å². The van der Waals surface area contributed by atoms with Crippen LogP contribution in [0.3, 0.4) is 0 Å². The summed E-state index contributed by atoms with van der Waals surface area (Å²) in [6.45, 7) is 0.584. The molecule has 3 nitrogen and oxygen atoms in total. The number of hydrogen-bond acceptors (Lipinski definition) is 3. The molecule has 0 unspecified atom stereocenters. The summed E-state index contributed by atoms with van der Waals surface area (Å²) in [5.74, 6) is 0.673. The Morgan fingerprint density at radius 2 is 2.36 bits per heavy atom. The quantitative estimate of drug-likeness (QED) is 0.753. The molecule has 0 aromatic carbocycles. The van der Waals surface area contributed by atoms with Crippen LogP contribution in [-0.2, 0) is 11.3 Å². The number of amides is 1. The van der Waals surface area contributed by atoms with Gasteiger partial charge < -0.3 is 4.90 Å². The molecule has 0 fully saturated rings. The Bertz CT molecular complexity index is 289. The maximum absolute atomic E-state index is 11.4. The average molecular weight is 210 g/mol. The van der Waals surface area contributed by atoms with Gasteiger partial charge in [-0.2, -0.15) is 11.8 Å². The zero-order valence-corrected chi connectivity index (χ0v) is 9.25. The summed E-state index contributed by atoms with van der Waals surface area (Å²) in [6, 6.07) is 5.71. The standard InChI is InChI=1S/C10H14N2OS/c1-12(10(13)8-14-2)7-9-5-3-4-6-11-9/h3-6H,7-8H2,1-2H3.